The van der Waals surface area contributed by atoms with Gasteiger partial charge in [-0.1, -0.05) is 29.8 Å². The molecule has 2 nitrogen and oxygen atoms in total. The normalized spacial score (nSPS) is 13.4. The molecule has 1 aliphatic heterocycles. The molecule has 0 bridgehead atoms. The summed E-state index contributed by atoms with van der Waals surface area (Å²) in [5.74, 6) is 1.56. The fourth-order valence-electron chi connectivity index (χ4n) is 2.09. The van der Waals surface area contributed by atoms with Gasteiger partial charge in [-0.15, -0.1) is 0 Å². The average molecular weight is 224 g/mol. The van der Waals surface area contributed by atoms with Crippen LogP contribution in [0.25, 0.3) is 0 Å². The number of benzene rings is 2. The van der Waals surface area contributed by atoms with Crippen LogP contribution >= 0.6 is 0 Å². The van der Waals surface area contributed by atoms with E-state index in [-0.39, 0.29) is 5.78 Å². The fraction of sp³-hybridized carbons (Fsp3) is 0.133. The van der Waals surface area contributed by atoms with Gasteiger partial charge in [0.15, 0.2) is 5.78 Å². The van der Waals surface area contributed by atoms with Crippen LogP contribution in [0.3, 0.4) is 0 Å². The lowest BCUT2D eigenvalue weighted by molar-refractivity contribution is 0.0993. The Kier molecular flexibility index (Phi) is 2.22. The molecule has 0 radical (unpaired) electrons. The number of para-hydroxylation sites is 1. The number of carbonyl (C=O) groups excluding carboxylic acids is 1. The van der Waals surface area contributed by atoms with E-state index in [0.717, 1.165) is 16.9 Å². The Bertz CT molecular complexity index is 600. The maximum Gasteiger partial charge on any atom is 0.171 e. The van der Waals surface area contributed by atoms with E-state index >= 15 is 0 Å². The van der Waals surface area contributed by atoms with Crippen LogP contribution in [0.15, 0.2) is 42.5 Å². The zero-order valence-electron chi connectivity index (χ0n) is 9.57. The highest BCUT2D eigenvalue weighted by molar-refractivity contribution is 6.01. The van der Waals surface area contributed by atoms with Crippen molar-refractivity contribution in [3.8, 4) is 11.5 Å². The van der Waals surface area contributed by atoms with Crippen LogP contribution in [0.1, 0.15) is 21.5 Å². The highest BCUT2D eigenvalue weighted by Gasteiger charge is 2.20. The number of carbonyl (C=O) groups is 1. The van der Waals surface area contributed by atoms with Gasteiger partial charge in [0, 0.05) is 12.0 Å². The van der Waals surface area contributed by atoms with Gasteiger partial charge in [0.1, 0.15) is 11.5 Å². The number of aryl methyl sites for hydroxylation is 1. The predicted octanol–water partition coefficient (Wildman–Crippen LogP) is 3.53. The molecule has 1 heterocycles. The van der Waals surface area contributed by atoms with Crippen molar-refractivity contribution < 1.29 is 9.53 Å². The average Bonchev–Trinajstić information content (AvgIpc) is 2.46. The Balaban J connectivity index is 2.17. The van der Waals surface area contributed by atoms with Gasteiger partial charge in [-0.05, 0) is 25.1 Å². The van der Waals surface area contributed by atoms with Crippen molar-refractivity contribution in [2.45, 2.75) is 13.3 Å². The van der Waals surface area contributed by atoms with Gasteiger partial charge in [0.25, 0.3) is 0 Å². The molecule has 0 atom stereocenters. The van der Waals surface area contributed by atoms with Gasteiger partial charge >= 0.3 is 0 Å². The van der Waals surface area contributed by atoms with E-state index in [0.29, 0.717) is 17.7 Å². The Morgan fingerprint density at radius 3 is 2.76 bits per heavy atom. The second-order valence-corrected chi connectivity index (χ2v) is 4.31. The van der Waals surface area contributed by atoms with Crippen LogP contribution in [0.4, 0.5) is 0 Å². The first-order chi connectivity index (χ1) is 8.24. The van der Waals surface area contributed by atoms with Gasteiger partial charge in [-0.25, -0.2) is 0 Å². The zero-order chi connectivity index (χ0) is 11.8. The summed E-state index contributed by atoms with van der Waals surface area (Å²) in [7, 11) is 0. The molecule has 0 fully saturated rings. The lowest BCUT2D eigenvalue weighted by Crippen LogP contribution is -2.01. The lowest BCUT2D eigenvalue weighted by atomic mass is 10.0. The summed E-state index contributed by atoms with van der Waals surface area (Å²) in [5, 5.41) is 0. The molecule has 84 valence electrons. The quantitative estimate of drug-likeness (QED) is 0.684. The molecule has 0 unspecified atom stereocenters. The molecule has 2 heteroatoms. The molecule has 0 spiro atoms. The minimum atomic E-state index is 0.119. The predicted molar refractivity (Wildman–Crippen MR) is 65.7 cm³/mol. The standard InChI is InChI=1S/C15H12O2/c1-10-6-7-15-12(8-10)13(16)9-11-4-2-3-5-14(11)17-15/h2-8H,9H2,1H3. The topological polar surface area (TPSA) is 26.3 Å². The van der Waals surface area contributed by atoms with Crippen molar-refractivity contribution in [2.24, 2.45) is 0 Å². The second-order valence-electron chi connectivity index (χ2n) is 4.31. The van der Waals surface area contributed by atoms with E-state index in [1.54, 1.807) is 0 Å². The fourth-order valence-corrected chi connectivity index (χ4v) is 2.09. The summed E-state index contributed by atoms with van der Waals surface area (Å²) in [6, 6.07) is 13.4. The summed E-state index contributed by atoms with van der Waals surface area (Å²) in [4.78, 5) is 12.1. The van der Waals surface area contributed by atoms with Gasteiger partial charge in [0.05, 0.1) is 5.56 Å². The molecule has 1 aliphatic rings. The summed E-state index contributed by atoms with van der Waals surface area (Å²) in [6.07, 6.45) is 0.409. The smallest absolute Gasteiger partial charge is 0.171 e. The Morgan fingerprint density at radius 1 is 1.06 bits per heavy atom. The van der Waals surface area contributed by atoms with E-state index < -0.39 is 0 Å². The number of rotatable bonds is 0. The lowest BCUT2D eigenvalue weighted by Gasteiger charge is -2.07. The van der Waals surface area contributed by atoms with Gasteiger partial charge < -0.3 is 4.74 Å². The number of Topliss-reactive ketones (excluding diaryl/α,β-unsaturated/α-hetero) is 1. The second kappa shape index (κ2) is 3.74. The van der Waals surface area contributed by atoms with Crippen molar-refractivity contribution >= 4 is 5.78 Å². The van der Waals surface area contributed by atoms with Crippen LogP contribution < -0.4 is 4.74 Å². The summed E-state index contributed by atoms with van der Waals surface area (Å²) < 4.78 is 5.81. The molecule has 17 heavy (non-hydrogen) atoms. The number of ketones is 1. The molecule has 3 rings (SSSR count). The third kappa shape index (κ3) is 1.72. The molecule has 0 amide bonds. The Morgan fingerprint density at radius 2 is 1.88 bits per heavy atom. The molecule has 0 aromatic heterocycles. The largest absolute Gasteiger partial charge is 0.456 e. The van der Waals surface area contributed by atoms with Crippen LogP contribution in [0.2, 0.25) is 0 Å². The van der Waals surface area contributed by atoms with Crippen molar-refractivity contribution in [3.63, 3.8) is 0 Å². The maximum atomic E-state index is 12.1. The molecule has 0 aliphatic carbocycles. The SMILES string of the molecule is Cc1ccc2c(c1)C(=O)Cc1ccccc1O2. The molecular weight excluding hydrogens is 212 g/mol. The Hall–Kier alpha value is -2.09. The summed E-state index contributed by atoms with van der Waals surface area (Å²) in [5.41, 5.74) is 2.71. The molecule has 0 saturated heterocycles. The number of fused-ring (bicyclic) bond motifs is 2. The van der Waals surface area contributed by atoms with E-state index in [4.69, 9.17) is 4.74 Å². The highest BCUT2D eigenvalue weighted by atomic mass is 16.5. The molecule has 2 aromatic rings. The molecule has 0 saturated carbocycles. The Labute approximate surface area is 99.9 Å². The maximum absolute atomic E-state index is 12.1. The van der Waals surface area contributed by atoms with Crippen LogP contribution in [0.5, 0.6) is 11.5 Å². The first-order valence-electron chi connectivity index (χ1n) is 5.63. The molecule has 0 N–H and O–H groups in total. The van der Waals surface area contributed by atoms with E-state index in [1.807, 2.05) is 49.4 Å². The van der Waals surface area contributed by atoms with Gasteiger partial charge in [0.2, 0.25) is 0 Å². The monoisotopic (exact) mass is 224 g/mol. The van der Waals surface area contributed by atoms with Crippen LogP contribution in [0, 0.1) is 6.92 Å². The van der Waals surface area contributed by atoms with Crippen molar-refractivity contribution in [1.82, 2.24) is 0 Å². The first kappa shape index (κ1) is 10.1. The van der Waals surface area contributed by atoms with Crippen molar-refractivity contribution in [2.75, 3.05) is 0 Å². The minimum Gasteiger partial charge on any atom is -0.456 e. The van der Waals surface area contributed by atoms with Gasteiger partial charge in [-0.3, -0.25) is 4.79 Å². The van der Waals surface area contributed by atoms with Crippen molar-refractivity contribution in [3.05, 3.63) is 59.2 Å². The zero-order valence-corrected chi connectivity index (χ0v) is 9.57. The minimum absolute atomic E-state index is 0.119. The third-order valence-electron chi connectivity index (χ3n) is 2.98. The third-order valence-corrected chi connectivity index (χ3v) is 2.98. The number of ether oxygens (including phenoxy) is 1. The van der Waals surface area contributed by atoms with E-state index in [1.165, 1.54) is 0 Å². The van der Waals surface area contributed by atoms with Crippen LogP contribution in [-0.4, -0.2) is 5.78 Å². The highest BCUT2D eigenvalue weighted by Crippen LogP contribution is 2.33. The van der Waals surface area contributed by atoms with E-state index in [9.17, 15) is 4.79 Å². The van der Waals surface area contributed by atoms with Gasteiger partial charge in [-0.2, -0.15) is 0 Å². The van der Waals surface area contributed by atoms with E-state index in [2.05, 4.69) is 0 Å². The van der Waals surface area contributed by atoms with Crippen LogP contribution in [-0.2, 0) is 6.42 Å². The molecule has 2 aromatic carbocycles. The van der Waals surface area contributed by atoms with Crippen molar-refractivity contribution in [1.29, 1.82) is 0 Å². The summed E-state index contributed by atoms with van der Waals surface area (Å²) in [6.45, 7) is 1.98. The first-order valence-corrected chi connectivity index (χ1v) is 5.63. The number of hydrogen-bond acceptors (Lipinski definition) is 2. The summed E-state index contributed by atoms with van der Waals surface area (Å²) >= 11 is 0. The molecular formula is C15H12O2. The number of hydrogen-bond donors (Lipinski definition) is 0.